The van der Waals surface area contributed by atoms with E-state index in [4.69, 9.17) is 4.52 Å². The minimum atomic E-state index is -3.72. The van der Waals surface area contributed by atoms with Crippen LogP contribution in [0.2, 0.25) is 0 Å². The summed E-state index contributed by atoms with van der Waals surface area (Å²) in [6.45, 7) is 1.71. The van der Waals surface area contributed by atoms with Crippen molar-refractivity contribution in [3.8, 4) is 0 Å². The summed E-state index contributed by atoms with van der Waals surface area (Å²) in [5.41, 5.74) is -0.817. The second-order valence-corrected chi connectivity index (χ2v) is 8.67. The van der Waals surface area contributed by atoms with Crippen LogP contribution < -0.4 is 4.72 Å². The Bertz CT molecular complexity index is 811. The van der Waals surface area contributed by atoms with Crippen molar-refractivity contribution in [3.05, 3.63) is 40.5 Å². The normalized spacial score (nSPS) is 18.2. The fourth-order valence-electron chi connectivity index (χ4n) is 3.17. The Balaban J connectivity index is 2.02. The second kappa shape index (κ2) is 6.93. The van der Waals surface area contributed by atoms with Crippen LogP contribution in [-0.4, -0.2) is 18.6 Å². The zero-order valence-corrected chi connectivity index (χ0v) is 15.9. The zero-order valence-electron chi connectivity index (χ0n) is 13.5. The molecule has 1 heterocycles. The van der Waals surface area contributed by atoms with Crippen LogP contribution in [0.5, 0.6) is 0 Å². The highest BCUT2D eigenvalue weighted by Crippen LogP contribution is 2.36. The summed E-state index contributed by atoms with van der Waals surface area (Å²) in [6.07, 6.45) is 5.33. The van der Waals surface area contributed by atoms with Crippen molar-refractivity contribution in [2.24, 2.45) is 0 Å². The number of sulfonamides is 1. The lowest BCUT2D eigenvalue weighted by Crippen LogP contribution is -2.46. The van der Waals surface area contributed by atoms with Crippen molar-refractivity contribution in [2.45, 2.75) is 55.9 Å². The summed E-state index contributed by atoms with van der Waals surface area (Å²) in [7, 11) is -3.72. The average Bonchev–Trinajstić information content (AvgIpc) is 2.84. The van der Waals surface area contributed by atoms with Crippen LogP contribution in [0.15, 0.2) is 38.2 Å². The van der Waals surface area contributed by atoms with Gasteiger partial charge in [0.25, 0.3) is 0 Å². The fourth-order valence-corrected chi connectivity index (χ4v) is 5.60. The first-order valence-electron chi connectivity index (χ1n) is 8.02. The van der Waals surface area contributed by atoms with Crippen LogP contribution in [0.1, 0.15) is 50.2 Å². The molecule has 0 amide bonds. The van der Waals surface area contributed by atoms with Gasteiger partial charge in [-0.05, 0) is 40.9 Å². The molecular formula is C16H20BrN3O3S. The van der Waals surface area contributed by atoms with Crippen LogP contribution in [-0.2, 0) is 15.6 Å². The minimum absolute atomic E-state index is 0.217. The van der Waals surface area contributed by atoms with Gasteiger partial charge in [0, 0.05) is 11.4 Å². The van der Waals surface area contributed by atoms with E-state index in [9.17, 15) is 8.42 Å². The van der Waals surface area contributed by atoms with Gasteiger partial charge < -0.3 is 4.52 Å². The number of rotatable bonds is 4. The van der Waals surface area contributed by atoms with Gasteiger partial charge in [0.15, 0.2) is 5.82 Å². The highest BCUT2D eigenvalue weighted by atomic mass is 79.9. The third kappa shape index (κ3) is 3.55. The van der Waals surface area contributed by atoms with E-state index in [-0.39, 0.29) is 4.90 Å². The Kier molecular flexibility index (Phi) is 5.08. The number of nitrogens with zero attached hydrogens (tertiary/aromatic N) is 2. The van der Waals surface area contributed by atoms with Gasteiger partial charge in [-0.25, -0.2) is 8.42 Å². The van der Waals surface area contributed by atoms with Crippen molar-refractivity contribution in [1.82, 2.24) is 14.9 Å². The number of hydrogen-bond donors (Lipinski definition) is 1. The van der Waals surface area contributed by atoms with Crippen molar-refractivity contribution < 1.29 is 12.9 Å². The molecule has 0 atom stereocenters. The molecule has 0 unspecified atom stereocenters. The monoisotopic (exact) mass is 413 g/mol. The number of aryl methyl sites for hydroxylation is 1. The molecule has 2 aromatic rings. The van der Waals surface area contributed by atoms with Gasteiger partial charge in [0.1, 0.15) is 0 Å². The Labute approximate surface area is 150 Å². The first kappa shape index (κ1) is 17.6. The minimum Gasteiger partial charge on any atom is -0.340 e. The predicted octanol–water partition coefficient (Wildman–Crippen LogP) is 3.67. The molecule has 0 bridgehead atoms. The van der Waals surface area contributed by atoms with Crippen molar-refractivity contribution in [1.29, 1.82) is 0 Å². The molecule has 0 spiro atoms. The quantitative estimate of drug-likeness (QED) is 0.772. The molecule has 1 aliphatic rings. The van der Waals surface area contributed by atoms with Crippen molar-refractivity contribution in [2.75, 3.05) is 0 Å². The van der Waals surface area contributed by atoms with E-state index < -0.39 is 15.6 Å². The summed E-state index contributed by atoms with van der Waals surface area (Å²) in [5, 5.41) is 4.03. The highest BCUT2D eigenvalue weighted by Gasteiger charge is 2.41. The maximum absolute atomic E-state index is 13.0. The van der Waals surface area contributed by atoms with Crippen LogP contribution in [0, 0.1) is 6.92 Å². The van der Waals surface area contributed by atoms with Crippen LogP contribution in [0.4, 0.5) is 0 Å². The van der Waals surface area contributed by atoms with Gasteiger partial charge in [0.2, 0.25) is 15.9 Å². The Hall–Kier alpha value is -1.25. The lowest BCUT2D eigenvalue weighted by atomic mass is 9.91. The molecule has 1 aromatic heterocycles. The Morgan fingerprint density at radius 2 is 1.83 bits per heavy atom. The molecule has 1 N–H and O–H groups in total. The van der Waals surface area contributed by atoms with Gasteiger partial charge >= 0.3 is 0 Å². The Morgan fingerprint density at radius 3 is 2.42 bits per heavy atom. The highest BCUT2D eigenvalue weighted by molar-refractivity contribution is 9.10. The van der Waals surface area contributed by atoms with E-state index >= 15 is 0 Å². The largest absolute Gasteiger partial charge is 0.340 e. The topological polar surface area (TPSA) is 85.1 Å². The summed E-state index contributed by atoms with van der Waals surface area (Å²) in [5.74, 6) is 0.867. The van der Waals surface area contributed by atoms with E-state index in [1.54, 1.807) is 31.2 Å². The third-order valence-electron chi connectivity index (χ3n) is 4.37. The van der Waals surface area contributed by atoms with E-state index in [0.717, 1.165) is 25.7 Å². The van der Waals surface area contributed by atoms with E-state index in [2.05, 4.69) is 30.8 Å². The number of benzene rings is 1. The lowest BCUT2D eigenvalue weighted by molar-refractivity contribution is 0.301. The van der Waals surface area contributed by atoms with Crippen LogP contribution in [0.25, 0.3) is 0 Å². The molecule has 0 saturated heterocycles. The van der Waals surface area contributed by atoms with Gasteiger partial charge in [0.05, 0.1) is 10.4 Å². The fraction of sp³-hybridized carbons (Fsp3) is 0.500. The molecule has 1 fully saturated rings. The molecule has 1 aromatic carbocycles. The molecule has 0 radical (unpaired) electrons. The van der Waals surface area contributed by atoms with Crippen molar-refractivity contribution in [3.63, 3.8) is 0 Å². The van der Waals surface area contributed by atoms with Gasteiger partial charge in [-0.15, -0.1) is 0 Å². The standard InChI is InChI=1S/C16H20BrN3O3S/c1-12-18-15(19-23-12)16(10-6-2-3-7-11-16)20-24(21,22)14-9-5-4-8-13(14)17/h4-5,8-9,20H,2-3,6-7,10-11H2,1H3. The second-order valence-electron chi connectivity index (χ2n) is 6.17. The zero-order chi connectivity index (χ0) is 17.2. The molecule has 1 saturated carbocycles. The summed E-state index contributed by atoms with van der Waals surface area (Å²) < 4.78 is 34.5. The first-order chi connectivity index (χ1) is 11.4. The molecule has 6 nitrogen and oxygen atoms in total. The van der Waals surface area contributed by atoms with Gasteiger partial charge in [-0.3, -0.25) is 0 Å². The van der Waals surface area contributed by atoms with Crippen LogP contribution in [0.3, 0.4) is 0 Å². The maximum Gasteiger partial charge on any atom is 0.242 e. The van der Waals surface area contributed by atoms with E-state index in [1.165, 1.54) is 0 Å². The lowest BCUT2D eigenvalue weighted by Gasteiger charge is -2.30. The predicted molar refractivity (Wildman–Crippen MR) is 92.9 cm³/mol. The molecule has 3 rings (SSSR count). The number of aromatic nitrogens is 2. The molecule has 0 aliphatic heterocycles. The number of halogens is 1. The van der Waals surface area contributed by atoms with Gasteiger partial charge in [-0.1, -0.05) is 43.0 Å². The smallest absolute Gasteiger partial charge is 0.242 e. The first-order valence-corrected chi connectivity index (χ1v) is 10.3. The van der Waals surface area contributed by atoms with E-state index in [1.807, 2.05) is 0 Å². The number of nitrogens with one attached hydrogen (secondary N) is 1. The Morgan fingerprint density at radius 1 is 1.17 bits per heavy atom. The van der Waals surface area contributed by atoms with E-state index in [0.29, 0.717) is 29.0 Å². The third-order valence-corrected chi connectivity index (χ3v) is 6.92. The molecule has 24 heavy (non-hydrogen) atoms. The summed E-state index contributed by atoms with van der Waals surface area (Å²) in [4.78, 5) is 4.55. The maximum atomic E-state index is 13.0. The average molecular weight is 414 g/mol. The van der Waals surface area contributed by atoms with Gasteiger partial charge in [-0.2, -0.15) is 9.71 Å². The summed E-state index contributed by atoms with van der Waals surface area (Å²) >= 11 is 3.32. The number of hydrogen-bond acceptors (Lipinski definition) is 5. The molecule has 8 heteroatoms. The molecule has 130 valence electrons. The van der Waals surface area contributed by atoms with Crippen LogP contribution >= 0.6 is 15.9 Å². The van der Waals surface area contributed by atoms with Crippen molar-refractivity contribution >= 4 is 26.0 Å². The molecule has 1 aliphatic carbocycles. The SMILES string of the molecule is Cc1nc(C2(NS(=O)(=O)c3ccccc3Br)CCCCCC2)no1. The summed E-state index contributed by atoms with van der Waals surface area (Å²) in [6, 6.07) is 6.79. The molecular weight excluding hydrogens is 394 g/mol.